The number of anilines is 3. The predicted octanol–water partition coefficient (Wildman–Crippen LogP) is 12.8. The van der Waals surface area contributed by atoms with Gasteiger partial charge < -0.3 is 9.47 Å². The number of hydrogen-bond donors (Lipinski definition) is 0. The van der Waals surface area contributed by atoms with E-state index in [-0.39, 0.29) is 0 Å². The van der Waals surface area contributed by atoms with Gasteiger partial charge in [0.25, 0.3) is 0 Å². The van der Waals surface area contributed by atoms with Gasteiger partial charge in [-0.2, -0.15) is 0 Å². The molecule has 0 N–H and O–H groups in total. The molecule has 0 aliphatic rings. The van der Waals surface area contributed by atoms with Crippen LogP contribution in [0.3, 0.4) is 0 Å². The van der Waals surface area contributed by atoms with Crippen LogP contribution < -0.4 is 4.90 Å². The maximum atomic E-state index is 2.37. The smallest absolute Gasteiger partial charge is 0.0541 e. The number of para-hydroxylation sites is 4. The van der Waals surface area contributed by atoms with E-state index in [0.29, 0.717) is 0 Å². The lowest BCUT2D eigenvalue weighted by Gasteiger charge is -2.26. The van der Waals surface area contributed by atoms with Gasteiger partial charge in [0, 0.05) is 33.5 Å². The average molecular weight is 611 g/mol. The molecule has 0 aliphatic carbocycles. The second kappa shape index (κ2) is 10.6. The zero-order valence-electron chi connectivity index (χ0n) is 26.2. The van der Waals surface area contributed by atoms with Crippen LogP contribution in [0.25, 0.3) is 70.9 Å². The number of benzene rings is 9. The normalized spacial score (nSPS) is 11.8. The molecule has 0 saturated heterocycles. The molecule has 0 aliphatic heterocycles. The minimum atomic E-state index is 1.14. The molecular formula is C46H30N2. The molecule has 224 valence electrons. The van der Waals surface area contributed by atoms with Crippen molar-refractivity contribution in [1.82, 2.24) is 4.57 Å². The van der Waals surface area contributed by atoms with Crippen molar-refractivity contribution >= 4 is 71.2 Å². The van der Waals surface area contributed by atoms with Crippen LogP contribution in [-0.4, -0.2) is 4.57 Å². The number of hydrogen-bond acceptors (Lipinski definition) is 1. The number of nitrogens with zero attached hydrogens (tertiary/aromatic N) is 2. The monoisotopic (exact) mass is 610 g/mol. The SMILES string of the molecule is c1ccc(N(c2ccccc2)c2cc3ccc4cc(-c5ccc(-n6c7ccccc7c7ccccc76)cc5)cc5ccc(c2)c3c45)cc1. The van der Waals surface area contributed by atoms with Gasteiger partial charge in [-0.1, -0.05) is 109 Å². The van der Waals surface area contributed by atoms with Crippen molar-refractivity contribution < 1.29 is 0 Å². The molecule has 0 radical (unpaired) electrons. The minimum Gasteiger partial charge on any atom is -0.310 e. The van der Waals surface area contributed by atoms with Gasteiger partial charge in [-0.3, -0.25) is 0 Å². The quantitative estimate of drug-likeness (QED) is 0.176. The van der Waals surface area contributed by atoms with E-state index in [4.69, 9.17) is 0 Å². The van der Waals surface area contributed by atoms with Crippen molar-refractivity contribution in [3.63, 3.8) is 0 Å². The van der Waals surface area contributed by atoms with Crippen LogP contribution in [0.2, 0.25) is 0 Å². The Balaban J connectivity index is 1.08. The largest absolute Gasteiger partial charge is 0.310 e. The molecule has 0 amide bonds. The van der Waals surface area contributed by atoms with E-state index in [1.54, 1.807) is 0 Å². The first-order chi connectivity index (χ1) is 23.8. The summed E-state index contributed by atoms with van der Waals surface area (Å²) >= 11 is 0. The predicted molar refractivity (Wildman–Crippen MR) is 205 cm³/mol. The second-order valence-corrected chi connectivity index (χ2v) is 12.6. The molecule has 10 rings (SSSR count). The van der Waals surface area contributed by atoms with Crippen molar-refractivity contribution in [2.45, 2.75) is 0 Å². The molecule has 1 heterocycles. The van der Waals surface area contributed by atoms with Crippen LogP contribution in [0.5, 0.6) is 0 Å². The van der Waals surface area contributed by atoms with E-state index in [1.807, 2.05) is 0 Å². The lowest BCUT2D eigenvalue weighted by atomic mass is 9.91. The number of fused-ring (bicyclic) bond motifs is 3. The molecule has 0 bridgehead atoms. The summed E-state index contributed by atoms with van der Waals surface area (Å²) in [4.78, 5) is 2.34. The zero-order valence-corrected chi connectivity index (χ0v) is 26.2. The Bertz CT molecular complexity index is 2600. The summed E-state index contributed by atoms with van der Waals surface area (Å²) in [5.41, 5.74) is 9.52. The van der Waals surface area contributed by atoms with Crippen molar-refractivity contribution in [2.75, 3.05) is 4.90 Å². The Morgan fingerprint density at radius 1 is 0.333 bits per heavy atom. The van der Waals surface area contributed by atoms with E-state index in [0.717, 1.165) is 17.1 Å². The standard InChI is InChI=1S/C46H30N2/c1-3-11-37(12-4-1)47(38-13-5-2-6-14-38)40-29-34-21-19-32-27-36(28-33-20-22-35(30-40)46(34)45(32)33)31-23-25-39(26-24-31)48-43-17-9-7-15-41(43)42-16-8-10-18-44(42)48/h1-30H. The van der Waals surface area contributed by atoms with Crippen LogP contribution in [0, 0.1) is 0 Å². The van der Waals surface area contributed by atoms with E-state index in [1.165, 1.54) is 70.9 Å². The van der Waals surface area contributed by atoms with Crippen molar-refractivity contribution in [2.24, 2.45) is 0 Å². The van der Waals surface area contributed by atoms with Crippen LogP contribution in [0.15, 0.2) is 182 Å². The van der Waals surface area contributed by atoms with Crippen molar-refractivity contribution in [1.29, 1.82) is 0 Å². The summed E-state index contributed by atoms with van der Waals surface area (Å²) in [6.45, 7) is 0. The molecule has 2 heteroatoms. The Morgan fingerprint density at radius 2 is 0.771 bits per heavy atom. The number of rotatable bonds is 5. The van der Waals surface area contributed by atoms with Crippen molar-refractivity contribution in [3.05, 3.63) is 182 Å². The Kier molecular flexibility index (Phi) is 5.91. The summed E-state index contributed by atoms with van der Waals surface area (Å²) in [7, 11) is 0. The summed E-state index contributed by atoms with van der Waals surface area (Å²) in [5.74, 6) is 0. The molecule has 0 atom stereocenters. The maximum Gasteiger partial charge on any atom is 0.0541 e. The van der Waals surface area contributed by atoms with Crippen LogP contribution in [0.4, 0.5) is 17.1 Å². The van der Waals surface area contributed by atoms with Gasteiger partial charge in [0.2, 0.25) is 0 Å². The average Bonchev–Trinajstić information content (AvgIpc) is 3.49. The molecule has 1 aromatic heterocycles. The second-order valence-electron chi connectivity index (χ2n) is 12.6. The Morgan fingerprint density at radius 3 is 1.27 bits per heavy atom. The van der Waals surface area contributed by atoms with Gasteiger partial charge >= 0.3 is 0 Å². The van der Waals surface area contributed by atoms with Gasteiger partial charge in [0.15, 0.2) is 0 Å². The van der Waals surface area contributed by atoms with Crippen LogP contribution in [-0.2, 0) is 0 Å². The summed E-state index contributed by atoms with van der Waals surface area (Å²) < 4.78 is 2.37. The molecule has 10 aromatic rings. The minimum absolute atomic E-state index is 1.14. The molecule has 9 aromatic carbocycles. The summed E-state index contributed by atoms with van der Waals surface area (Å²) in [6.07, 6.45) is 0. The van der Waals surface area contributed by atoms with Gasteiger partial charge in [-0.05, 0) is 116 Å². The van der Waals surface area contributed by atoms with E-state index in [2.05, 4.69) is 191 Å². The third-order valence-electron chi connectivity index (χ3n) is 9.84. The van der Waals surface area contributed by atoms with Gasteiger partial charge in [-0.15, -0.1) is 0 Å². The van der Waals surface area contributed by atoms with E-state index in [9.17, 15) is 0 Å². The van der Waals surface area contributed by atoms with E-state index < -0.39 is 0 Å². The highest BCUT2D eigenvalue weighted by molar-refractivity contribution is 6.24. The third-order valence-corrected chi connectivity index (χ3v) is 9.84. The van der Waals surface area contributed by atoms with E-state index >= 15 is 0 Å². The Hall–Kier alpha value is -6.38. The van der Waals surface area contributed by atoms with Crippen LogP contribution in [0.1, 0.15) is 0 Å². The fourth-order valence-corrected chi connectivity index (χ4v) is 7.72. The highest BCUT2D eigenvalue weighted by Crippen LogP contribution is 2.42. The van der Waals surface area contributed by atoms with Gasteiger partial charge in [-0.25, -0.2) is 0 Å². The first kappa shape index (κ1) is 26.8. The van der Waals surface area contributed by atoms with Crippen molar-refractivity contribution in [3.8, 4) is 16.8 Å². The van der Waals surface area contributed by atoms with Gasteiger partial charge in [0.05, 0.1) is 11.0 Å². The summed E-state index contributed by atoms with van der Waals surface area (Å²) in [6, 6.07) is 66.2. The fourth-order valence-electron chi connectivity index (χ4n) is 7.72. The maximum absolute atomic E-state index is 2.37. The highest BCUT2D eigenvalue weighted by Gasteiger charge is 2.17. The lowest BCUT2D eigenvalue weighted by Crippen LogP contribution is -2.09. The van der Waals surface area contributed by atoms with Crippen LogP contribution >= 0.6 is 0 Å². The fraction of sp³-hybridized carbons (Fsp3) is 0. The Labute approximate surface area is 278 Å². The topological polar surface area (TPSA) is 8.17 Å². The first-order valence-electron chi connectivity index (χ1n) is 16.5. The molecule has 48 heavy (non-hydrogen) atoms. The molecule has 0 spiro atoms. The highest BCUT2D eigenvalue weighted by atomic mass is 15.1. The molecule has 0 unspecified atom stereocenters. The van der Waals surface area contributed by atoms with Gasteiger partial charge in [0.1, 0.15) is 0 Å². The third kappa shape index (κ3) is 4.13. The molecule has 0 fully saturated rings. The summed E-state index contributed by atoms with van der Waals surface area (Å²) in [5, 5.41) is 10.2. The molecule has 0 saturated carbocycles. The first-order valence-corrected chi connectivity index (χ1v) is 16.5. The number of aromatic nitrogens is 1. The zero-order chi connectivity index (χ0) is 31.6. The lowest BCUT2D eigenvalue weighted by molar-refractivity contribution is 1.18. The molecular weight excluding hydrogens is 581 g/mol. The molecule has 2 nitrogen and oxygen atoms in total.